The van der Waals surface area contributed by atoms with Crippen LogP contribution in [0.1, 0.15) is 24.0 Å². The molecule has 1 atom stereocenters. The predicted molar refractivity (Wildman–Crippen MR) is 117 cm³/mol. The number of anilines is 2. The summed E-state index contributed by atoms with van der Waals surface area (Å²) >= 11 is 6.03. The monoisotopic (exact) mass is 463 g/mol. The van der Waals surface area contributed by atoms with Crippen molar-refractivity contribution in [2.45, 2.75) is 37.6 Å². The quantitative estimate of drug-likeness (QED) is 0.725. The molecule has 0 aliphatic carbocycles. The van der Waals surface area contributed by atoms with Crippen molar-refractivity contribution >= 4 is 44.8 Å². The molecule has 2 heterocycles. The second-order valence-corrected chi connectivity index (χ2v) is 9.97. The van der Waals surface area contributed by atoms with Gasteiger partial charge in [0, 0.05) is 23.3 Å². The number of nitrogens with zero attached hydrogens (tertiary/aromatic N) is 1. The summed E-state index contributed by atoms with van der Waals surface area (Å²) in [6, 6.07) is 7.30. The van der Waals surface area contributed by atoms with E-state index in [1.807, 2.05) is 6.92 Å². The fourth-order valence-electron chi connectivity index (χ4n) is 3.86. The van der Waals surface area contributed by atoms with Crippen molar-refractivity contribution in [3.8, 4) is 5.75 Å². The summed E-state index contributed by atoms with van der Waals surface area (Å²) in [6.07, 6.45) is 0.990. The van der Waals surface area contributed by atoms with E-state index in [1.165, 1.54) is 10.4 Å². The first-order chi connectivity index (χ1) is 14.7. The highest BCUT2D eigenvalue weighted by Gasteiger charge is 2.40. The van der Waals surface area contributed by atoms with Crippen LogP contribution in [0.2, 0.25) is 5.02 Å². The molecule has 1 saturated heterocycles. The summed E-state index contributed by atoms with van der Waals surface area (Å²) in [7, 11) is -3.97. The first-order valence-electron chi connectivity index (χ1n) is 9.83. The topological polar surface area (TPSA) is 105 Å². The van der Waals surface area contributed by atoms with Crippen LogP contribution in [-0.4, -0.2) is 43.7 Å². The maximum absolute atomic E-state index is 13.5. The zero-order valence-corrected chi connectivity index (χ0v) is 18.6. The zero-order chi connectivity index (χ0) is 22.3. The number of nitrogens with one attached hydrogen (secondary N) is 2. The zero-order valence-electron chi connectivity index (χ0n) is 17.1. The van der Waals surface area contributed by atoms with E-state index in [9.17, 15) is 18.0 Å². The third kappa shape index (κ3) is 4.13. The number of halogens is 1. The smallest absolute Gasteiger partial charge is 0.262 e. The fraction of sp³-hybridized carbons (Fsp3) is 0.333. The minimum absolute atomic E-state index is 0.0565. The van der Waals surface area contributed by atoms with Crippen LogP contribution in [0.3, 0.4) is 0 Å². The van der Waals surface area contributed by atoms with Gasteiger partial charge < -0.3 is 15.4 Å². The lowest BCUT2D eigenvalue weighted by atomic mass is 10.1. The molecule has 4 rings (SSSR count). The van der Waals surface area contributed by atoms with Crippen molar-refractivity contribution < 1.29 is 22.7 Å². The Morgan fingerprint density at radius 1 is 1.23 bits per heavy atom. The number of hydrogen-bond acceptors (Lipinski definition) is 5. The van der Waals surface area contributed by atoms with Crippen LogP contribution < -0.4 is 15.4 Å². The molecule has 2 aromatic carbocycles. The number of fused-ring (bicyclic) bond motifs is 1. The molecule has 8 nitrogen and oxygen atoms in total. The maximum Gasteiger partial charge on any atom is 0.262 e. The third-order valence-corrected chi connectivity index (χ3v) is 7.75. The fourth-order valence-corrected chi connectivity index (χ4v) is 5.91. The van der Waals surface area contributed by atoms with Crippen LogP contribution in [0.4, 0.5) is 11.4 Å². The van der Waals surface area contributed by atoms with Crippen LogP contribution in [0.15, 0.2) is 35.2 Å². The molecule has 0 saturated carbocycles. The van der Waals surface area contributed by atoms with E-state index in [1.54, 1.807) is 31.2 Å². The molecule has 0 unspecified atom stereocenters. The Morgan fingerprint density at radius 3 is 2.77 bits per heavy atom. The summed E-state index contributed by atoms with van der Waals surface area (Å²) < 4.78 is 33.6. The Balaban J connectivity index is 1.63. The van der Waals surface area contributed by atoms with Gasteiger partial charge in [0.2, 0.25) is 15.9 Å². The SMILES string of the molecule is Cc1ccc(Cl)cc1NC(=O)[C@H]1CCCN1S(=O)(=O)c1cc2c(cc1C)NC(=O)CO2. The van der Waals surface area contributed by atoms with E-state index in [0.717, 1.165) is 5.56 Å². The second kappa shape index (κ2) is 8.14. The number of hydrogen-bond donors (Lipinski definition) is 2. The predicted octanol–water partition coefficient (Wildman–Crippen LogP) is 3.08. The van der Waals surface area contributed by atoms with Crippen LogP contribution in [0.25, 0.3) is 0 Å². The average molecular weight is 464 g/mol. The molecular weight excluding hydrogens is 442 g/mol. The molecule has 10 heteroatoms. The Morgan fingerprint density at radius 2 is 2.00 bits per heavy atom. The van der Waals surface area contributed by atoms with Gasteiger partial charge in [0.1, 0.15) is 11.8 Å². The van der Waals surface area contributed by atoms with Crippen molar-refractivity contribution in [1.29, 1.82) is 0 Å². The first-order valence-corrected chi connectivity index (χ1v) is 11.6. The lowest BCUT2D eigenvalue weighted by molar-refractivity contribution is -0.119. The van der Waals surface area contributed by atoms with E-state index in [4.69, 9.17) is 16.3 Å². The van der Waals surface area contributed by atoms with Gasteiger partial charge in [-0.25, -0.2) is 8.42 Å². The van der Waals surface area contributed by atoms with Gasteiger partial charge in [0.15, 0.2) is 6.61 Å². The van der Waals surface area contributed by atoms with Gasteiger partial charge in [-0.1, -0.05) is 17.7 Å². The van der Waals surface area contributed by atoms with E-state index in [2.05, 4.69) is 10.6 Å². The Kier molecular flexibility index (Phi) is 5.67. The molecule has 2 aliphatic heterocycles. The average Bonchev–Trinajstić information content (AvgIpc) is 3.21. The molecule has 164 valence electrons. The molecule has 2 aliphatic rings. The number of rotatable bonds is 4. The van der Waals surface area contributed by atoms with E-state index in [-0.39, 0.29) is 24.0 Å². The van der Waals surface area contributed by atoms with Crippen molar-refractivity contribution in [1.82, 2.24) is 4.31 Å². The van der Waals surface area contributed by atoms with E-state index >= 15 is 0 Å². The van der Waals surface area contributed by atoms with Crippen molar-refractivity contribution in [2.24, 2.45) is 0 Å². The molecule has 1 fully saturated rings. The standard InChI is InChI=1S/C21H22ClN3O5S/c1-12-5-6-14(22)9-15(12)24-21(27)17-4-3-7-25(17)31(28,29)19-10-18-16(8-13(19)2)23-20(26)11-30-18/h5-6,8-10,17H,3-4,7,11H2,1-2H3,(H,23,26)(H,24,27)/t17-/m1/s1. The van der Waals surface area contributed by atoms with Crippen LogP contribution in [0.5, 0.6) is 5.75 Å². The molecule has 0 bridgehead atoms. The number of ether oxygens (including phenoxy) is 1. The van der Waals surface area contributed by atoms with E-state index < -0.39 is 22.0 Å². The number of sulfonamides is 1. The number of benzene rings is 2. The number of carbonyl (C=O) groups excluding carboxylic acids is 2. The lowest BCUT2D eigenvalue weighted by Crippen LogP contribution is -2.43. The number of amides is 2. The first kappa shape index (κ1) is 21.6. The highest BCUT2D eigenvalue weighted by Crippen LogP contribution is 2.36. The molecule has 0 aromatic heterocycles. The van der Waals surface area contributed by atoms with Crippen LogP contribution in [-0.2, 0) is 19.6 Å². The largest absolute Gasteiger partial charge is 0.482 e. The normalized spacial score (nSPS) is 18.8. The van der Waals surface area contributed by atoms with Gasteiger partial charge in [0.05, 0.1) is 10.6 Å². The molecule has 31 heavy (non-hydrogen) atoms. The summed E-state index contributed by atoms with van der Waals surface area (Å²) in [4.78, 5) is 24.6. The molecule has 2 N–H and O–H groups in total. The van der Waals surface area contributed by atoms with Gasteiger partial charge in [-0.05, 0) is 56.0 Å². The maximum atomic E-state index is 13.5. The van der Waals surface area contributed by atoms with Gasteiger partial charge >= 0.3 is 0 Å². The van der Waals surface area contributed by atoms with Gasteiger partial charge in [0.25, 0.3) is 5.91 Å². The third-order valence-electron chi connectivity index (χ3n) is 5.46. The highest BCUT2D eigenvalue weighted by atomic mass is 35.5. The van der Waals surface area contributed by atoms with Gasteiger partial charge in [-0.3, -0.25) is 9.59 Å². The molecule has 0 radical (unpaired) electrons. The van der Waals surface area contributed by atoms with Gasteiger partial charge in [-0.2, -0.15) is 4.31 Å². The summed E-state index contributed by atoms with van der Waals surface area (Å²) in [5.74, 6) is -0.404. The Bertz CT molecular complexity index is 1180. The lowest BCUT2D eigenvalue weighted by Gasteiger charge is -2.26. The van der Waals surface area contributed by atoms with E-state index in [0.29, 0.717) is 40.6 Å². The van der Waals surface area contributed by atoms with Crippen molar-refractivity contribution in [2.75, 3.05) is 23.8 Å². The molecular formula is C21H22ClN3O5S. The minimum Gasteiger partial charge on any atom is -0.482 e. The summed E-state index contributed by atoms with van der Waals surface area (Å²) in [5, 5.41) is 5.96. The highest BCUT2D eigenvalue weighted by molar-refractivity contribution is 7.89. The number of carbonyl (C=O) groups is 2. The minimum atomic E-state index is -3.97. The Hall–Kier alpha value is -2.62. The van der Waals surface area contributed by atoms with Crippen LogP contribution in [0, 0.1) is 13.8 Å². The Labute approximate surface area is 185 Å². The number of aryl methyl sites for hydroxylation is 2. The molecule has 2 aromatic rings. The molecule has 0 spiro atoms. The van der Waals surface area contributed by atoms with Crippen molar-refractivity contribution in [3.63, 3.8) is 0 Å². The summed E-state index contributed by atoms with van der Waals surface area (Å²) in [5.41, 5.74) is 2.27. The molecule has 2 amide bonds. The van der Waals surface area contributed by atoms with Crippen molar-refractivity contribution in [3.05, 3.63) is 46.5 Å². The van der Waals surface area contributed by atoms with Crippen LogP contribution >= 0.6 is 11.6 Å². The van der Waals surface area contributed by atoms with Gasteiger partial charge in [-0.15, -0.1) is 0 Å². The second-order valence-electron chi connectivity index (χ2n) is 7.67. The summed E-state index contributed by atoms with van der Waals surface area (Å²) in [6.45, 7) is 3.55.